The zero-order valence-corrected chi connectivity index (χ0v) is 16.9. The van der Waals surface area contributed by atoms with Crippen molar-refractivity contribution in [3.63, 3.8) is 0 Å². The molecule has 0 aliphatic heterocycles. The van der Waals surface area contributed by atoms with E-state index >= 15 is 0 Å². The van der Waals surface area contributed by atoms with E-state index in [2.05, 4.69) is 5.32 Å². The van der Waals surface area contributed by atoms with Crippen molar-refractivity contribution in [1.29, 1.82) is 0 Å². The molecular weight excluding hydrogens is 505 g/mol. The third-order valence-electron chi connectivity index (χ3n) is 0. The van der Waals surface area contributed by atoms with E-state index in [1.807, 2.05) is 14.1 Å². The van der Waals surface area contributed by atoms with Crippen LogP contribution in [0.3, 0.4) is 0 Å². The molecule has 4 heteroatoms. The summed E-state index contributed by atoms with van der Waals surface area (Å²) in [5, 5.41) is 2.75. The van der Waals surface area contributed by atoms with Gasteiger partial charge in [-0.05, 0) is 14.1 Å². The number of nitrogens with one attached hydrogen (secondary N) is 1. The van der Waals surface area contributed by atoms with E-state index in [-0.39, 0.29) is 120 Å². The molecule has 6 heavy (non-hydrogen) atoms. The van der Waals surface area contributed by atoms with Crippen LogP contribution in [-0.2, 0) is 0 Å². The summed E-state index contributed by atoms with van der Waals surface area (Å²) in [6.45, 7) is 0. The minimum Gasteiger partial charge on any atom is -0.323 e. The number of rotatable bonds is 0. The smallest absolute Gasteiger partial charge is 0 e. The van der Waals surface area contributed by atoms with Crippen LogP contribution in [0.5, 0.6) is 0 Å². The van der Waals surface area contributed by atoms with Gasteiger partial charge in [0.2, 0.25) is 0 Å². The van der Waals surface area contributed by atoms with Crippen molar-refractivity contribution in [1.82, 2.24) is 5.32 Å². The molecule has 0 heterocycles. The van der Waals surface area contributed by atoms with E-state index in [1.165, 1.54) is 0 Å². The van der Waals surface area contributed by atoms with Gasteiger partial charge in [0.15, 0.2) is 0 Å². The molecule has 0 saturated heterocycles. The maximum atomic E-state index is 2.75. The Kier molecular flexibility index (Phi) is 88.2. The molecule has 1 nitrogen and oxygen atoms in total. The number of hydrogen-bond acceptors (Lipinski definition) is 1. The summed E-state index contributed by atoms with van der Waals surface area (Å²) >= 11 is 0. The molecule has 0 aromatic carbocycles. The molecule has 0 aromatic heterocycles. The van der Waals surface area contributed by atoms with Crippen LogP contribution >= 0.6 is 24.0 Å². The standard InChI is InChI=1S/C2H7N.Cs.HI.Pb/c1-3-2;;;/h3H,1-2H3;;1H;. The molecule has 0 bridgehead atoms. The van der Waals surface area contributed by atoms with Crippen LogP contribution in [0.1, 0.15) is 0 Å². The minimum absolute atomic E-state index is 0. The molecule has 0 aliphatic carbocycles. The van der Waals surface area contributed by atoms with Crippen molar-refractivity contribution in [2.24, 2.45) is 0 Å². The molecule has 33 valence electrons. The van der Waals surface area contributed by atoms with Crippen molar-refractivity contribution in [3.05, 3.63) is 0 Å². The summed E-state index contributed by atoms with van der Waals surface area (Å²) < 4.78 is 0. The Balaban J connectivity index is -0.00000000667. The van der Waals surface area contributed by atoms with E-state index in [1.54, 1.807) is 0 Å². The first-order valence-corrected chi connectivity index (χ1v) is 1.00. The summed E-state index contributed by atoms with van der Waals surface area (Å²) in [5.41, 5.74) is 0. The predicted molar refractivity (Wildman–Crippen MR) is 41.9 cm³/mol. The minimum atomic E-state index is 0. The van der Waals surface area contributed by atoms with Crippen molar-refractivity contribution < 1.29 is 0 Å². The van der Waals surface area contributed by atoms with Gasteiger partial charge in [-0.25, -0.2) is 0 Å². The summed E-state index contributed by atoms with van der Waals surface area (Å²) in [6.07, 6.45) is 0. The Morgan fingerprint density at radius 2 is 1.17 bits per heavy atom. The van der Waals surface area contributed by atoms with Crippen LogP contribution in [0, 0.1) is 0 Å². The van der Waals surface area contributed by atoms with Gasteiger partial charge in [-0.1, -0.05) is 0 Å². The number of hydrogen-bond donors (Lipinski definition) is 1. The van der Waals surface area contributed by atoms with Gasteiger partial charge in [0, 0.05) is 96.2 Å². The fraction of sp³-hybridized carbons (Fsp3) is 1.00. The molecule has 0 aromatic rings. The fourth-order valence-corrected chi connectivity index (χ4v) is 0. The molecule has 0 fully saturated rings. The van der Waals surface area contributed by atoms with Gasteiger partial charge in [0.25, 0.3) is 0 Å². The van der Waals surface area contributed by atoms with Gasteiger partial charge in [-0.3, -0.25) is 0 Å². The van der Waals surface area contributed by atoms with E-state index in [0.717, 1.165) is 0 Å². The fourth-order valence-electron chi connectivity index (χ4n) is 0. The van der Waals surface area contributed by atoms with Crippen LogP contribution in [-0.4, -0.2) is 110 Å². The first-order valence-electron chi connectivity index (χ1n) is 1.00. The van der Waals surface area contributed by atoms with E-state index in [0.29, 0.717) is 0 Å². The second kappa shape index (κ2) is 23.4. The van der Waals surface area contributed by atoms with E-state index < -0.39 is 0 Å². The molecule has 5 radical (unpaired) electrons. The van der Waals surface area contributed by atoms with Crippen LogP contribution < -0.4 is 5.32 Å². The van der Waals surface area contributed by atoms with Crippen molar-refractivity contribution in [3.8, 4) is 0 Å². The van der Waals surface area contributed by atoms with E-state index in [4.69, 9.17) is 0 Å². The van der Waals surface area contributed by atoms with Gasteiger partial charge >= 0.3 is 0 Å². The predicted octanol–water partition coefficient (Wildman–Crippen LogP) is -0.308. The molecule has 0 unspecified atom stereocenters. The zero-order valence-electron chi connectivity index (χ0n) is 4.41. The quantitative estimate of drug-likeness (QED) is 0.347. The molecule has 0 aliphatic rings. The van der Waals surface area contributed by atoms with Crippen molar-refractivity contribution in [2.45, 2.75) is 0 Å². The van der Waals surface area contributed by atoms with E-state index in [9.17, 15) is 0 Å². The normalized spacial score (nSPS) is 3.00. The third-order valence-corrected chi connectivity index (χ3v) is 0. The average molecular weight is 513 g/mol. The average Bonchev–Trinajstić information content (AvgIpc) is 0.918. The SMILES string of the molecule is CNC.I.[Cs].[Pb]. The first kappa shape index (κ1) is 22.6. The van der Waals surface area contributed by atoms with Gasteiger partial charge in [0.05, 0.1) is 0 Å². The Morgan fingerprint density at radius 3 is 1.17 bits per heavy atom. The Bertz CT molecular complexity index is 13.5. The van der Waals surface area contributed by atoms with Crippen LogP contribution in [0.25, 0.3) is 0 Å². The van der Waals surface area contributed by atoms with Crippen LogP contribution in [0.15, 0.2) is 0 Å². The largest absolute Gasteiger partial charge is 0.323 e. The Hall–Kier alpha value is 3.66. The third kappa shape index (κ3) is 25.4. The topological polar surface area (TPSA) is 12.0 Å². The summed E-state index contributed by atoms with van der Waals surface area (Å²) in [4.78, 5) is 0. The summed E-state index contributed by atoms with van der Waals surface area (Å²) in [5.74, 6) is 0. The van der Waals surface area contributed by atoms with Gasteiger partial charge in [-0.2, -0.15) is 0 Å². The van der Waals surface area contributed by atoms with Gasteiger partial charge in [-0.15, -0.1) is 24.0 Å². The second-order valence-corrected chi connectivity index (χ2v) is 0.500. The maximum absolute atomic E-state index is 2.75. The van der Waals surface area contributed by atoms with Crippen LogP contribution in [0.4, 0.5) is 0 Å². The summed E-state index contributed by atoms with van der Waals surface area (Å²) in [6, 6.07) is 0. The molecule has 0 spiro atoms. The monoisotopic (exact) mass is 514 g/mol. The van der Waals surface area contributed by atoms with Crippen molar-refractivity contribution in [2.75, 3.05) is 14.1 Å². The molecule has 0 rings (SSSR count). The second-order valence-electron chi connectivity index (χ2n) is 0.500. The van der Waals surface area contributed by atoms with Gasteiger partial charge in [0.1, 0.15) is 0 Å². The maximum Gasteiger partial charge on any atom is 0 e. The Labute approximate surface area is 135 Å². The zero-order chi connectivity index (χ0) is 2.71. The molecule has 0 atom stereocenters. The molecule has 0 saturated carbocycles. The Morgan fingerprint density at radius 1 is 1.17 bits per heavy atom. The van der Waals surface area contributed by atoms with Crippen molar-refractivity contribution >= 4 is 120 Å². The molecule has 1 N–H and O–H groups in total. The van der Waals surface area contributed by atoms with Gasteiger partial charge < -0.3 is 5.32 Å². The number of halogens is 1. The molecular formula is C2H8CsINPb. The molecule has 0 amide bonds. The summed E-state index contributed by atoms with van der Waals surface area (Å²) in [7, 11) is 3.75. The van der Waals surface area contributed by atoms with Crippen LogP contribution in [0.2, 0.25) is 0 Å². The first-order chi connectivity index (χ1) is 1.41.